The van der Waals surface area contributed by atoms with Gasteiger partial charge in [0, 0.05) is 36.3 Å². The summed E-state index contributed by atoms with van der Waals surface area (Å²) < 4.78 is 0. The lowest BCUT2D eigenvalue weighted by Gasteiger charge is -2.33. The molecule has 1 aliphatic heterocycles. The Morgan fingerprint density at radius 1 is 1.21 bits per heavy atom. The monoisotopic (exact) mass is 327 g/mol. The molecule has 8 heteroatoms. The first-order valence-corrected chi connectivity index (χ1v) is 7.86. The highest BCUT2D eigenvalue weighted by molar-refractivity contribution is 5.80. The second kappa shape index (κ2) is 6.31. The molecule has 1 fully saturated rings. The molecule has 0 atom stereocenters. The second-order valence-electron chi connectivity index (χ2n) is 6.00. The zero-order chi connectivity index (χ0) is 17.3. The average molecular weight is 327 g/mol. The molecular weight excluding hydrogens is 306 g/mol. The lowest BCUT2D eigenvalue weighted by molar-refractivity contribution is -0.122. The van der Waals surface area contributed by atoms with Crippen LogP contribution in [0.3, 0.4) is 0 Å². The van der Waals surface area contributed by atoms with Gasteiger partial charge in [0.1, 0.15) is 11.6 Å². The fourth-order valence-corrected chi connectivity index (χ4v) is 3.07. The van der Waals surface area contributed by atoms with E-state index >= 15 is 0 Å². The number of aromatic nitrogens is 3. The van der Waals surface area contributed by atoms with Gasteiger partial charge in [0.25, 0.3) is 0 Å². The summed E-state index contributed by atoms with van der Waals surface area (Å²) in [7, 11) is 0. The van der Waals surface area contributed by atoms with Gasteiger partial charge in [-0.2, -0.15) is 4.98 Å². The smallest absolute Gasteiger partial charge is 0.222 e. The van der Waals surface area contributed by atoms with Crippen LogP contribution >= 0.6 is 0 Å². The third-order valence-corrected chi connectivity index (χ3v) is 4.36. The molecule has 2 aromatic heterocycles. The molecular formula is C16H21N7O. The van der Waals surface area contributed by atoms with Gasteiger partial charge in [0.05, 0.1) is 5.69 Å². The largest absolute Gasteiger partial charge is 0.384 e. The van der Waals surface area contributed by atoms with Crippen LogP contribution in [0.15, 0.2) is 18.3 Å². The Hall–Kier alpha value is -2.90. The Morgan fingerprint density at radius 3 is 2.50 bits per heavy atom. The first-order valence-electron chi connectivity index (χ1n) is 7.86. The van der Waals surface area contributed by atoms with Crippen molar-refractivity contribution < 1.29 is 4.79 Å². The number of aryl methyl sites for hydroxylation is 1. The van der Waals surface area contributed by atoms with Gasteiger partial charge in [-0.15, -0.1) is 0 Å². The molecule has 3 rings (SSSR count). The number of nitrogens with two attached hydrogens (primary N) is 3. The van der Waals surface area contributed by atoms with E-state index in [2.05, 4.69) is 19.9 Å². The summed E-state index contributed by atoms with van der Waals surface area (Å²) in [5, 5.41) is 0. The van der Waals surface area contributed by atoms with Gasteiger partial charge in [-0.05, 0) is 31.9 Å². The molecule has 1 amide bonds. The molecule has 8 nitrogen and oxygen atoms in total. The molecule has 1 aliphatic rings. The third kappa shape index (κ3) is 3.08. The van der Waals surface area contributed by atoms with Crippen molar-refractivity contribution in [3.8, 4) is 11.1 Å². The van der Waals surface area contributed by atoms with Gasteiger partial charge in [0.15, 0.2) is 0 Å². The molecule has 0 radical (unpaired) electrons. The number of anilines is 3. The second-order valence-corrected chi connectivity index (χ2v) is 6.00. The normalized spacial score (nSPS) is 15.5. The van der Waals surface area contributed by atoms with Crippen molar-refractivity contribution in [3.05, 3.63) is 24.0 Å². The molecule has 126 valence electrons. The van der Waals surface area contributed by atoms with Crippen molar-refractivity contribution in [1.29, 1.82) is 0 Å². The Morgan fingerprint density at radius 2 is 1.92 bits per heavy atom. The number of rotatable bonds is 3. The number of piperidine rings is 1. The SMILES string of the molecule is Cc1nc(N)nc(N2CCC(C(N)=O)CC2)c1-c1ccc(N)nc1. The van der Waals surface area contributed by atoms with E-state index in [1.165, 1.54) is 0 Å². The predicted octanol–water partition coefficient (Wildman–Crippen LogP) is 0.713. The van der Waals surface area contributed by atoms with Crippen LogP contribution < -0.4 is 22.1 Å². The van der Waals surface area contributed by atoms with E-state index in [4.69, 9.17) is 17.2 Å². The molecule has 3 heterocycles. The van der Waals surface area contributed by atoms with Crippen LogP contribution in [0.2, 0.25) is 0 Å². The van der Waals surface area contributed by atoms with Crippen molar-refractivity contribution in [3.63, 3.8) is 0 Å². The van der Waals surface area contributed by atoms with Crippen LogP contribution in [0, 0.1) is 12.8 Å². The number of amides is 1. The predicted molar refractivity (Wildman–Crippen MR) is 93.0 cm³/mol. The molecule has 2 aromatic rings. The number of carbonyl (C=O) groups excluding carboxylic acids is 1. The van der Waals surface area contributed by atoms with E-state index in [0.29, 0.717) is 31.7 Å². The van der Waals surface area contributed by atoms with Crippen molar-refractivity contribution in [2.24, 2.45) is 11.7 Å². The molecule has 0 bridgehead atoms. The fourth-order valence-electron chi connectivity index (χ4n) is 3.07. The number of carbonyl (C=O) groups is 1. The van der Waals surface area contributed by atoms with Crippen LogP contribution in [0.4, 0.5) is 17.6 Å². The first-order chi connectivity index (χ1) is 11.5. The maximum absolute atomic E-state index is 11.4. The number of pyridine rings is 1. The van der Waals surface area contributed by atoms with Gasteiger partial charge < -0.3 is 22.1 Å². The lowest BCUT2D eigenvalue weighted by atomic mass is 9.95. The van der Waals surface area contributed by atoms with Crippen LogP contribution in [-0.4, -0.2) is 33.9 Å². The van der Waals surface area contributed by atoms with Crippen molar-refractivity contribution in [2.45, 2.75) is 19.8 Å². The molecule has 0 aromatic carbocycles. The average Bonchev–Trinajstić information content (AvgIpc) is 2.55. The van der Waals surface area contributed by atoms with Crippen LogP contribution in [-0.2, 0) is 4.79 Å². The van der Waals surface area contributed by atoms with E-state index in [9.17, 15) is 4.79 Å². The number of nitrogens with zero attached hydrogens (tertiary/aromatic N) is 4. The van der Waals surface area contributed by atoms with Gasteiger partial charge in [0.2, 0.25) is 11.9 Å². The summed E-state index contributed by atoms with van der Waals surface area (Å²) in [4.78, 5) is 26.4. The number of nitrogen functional groups attached to an aromatic ring is 2. The van der Waals surface area contributed by atoms with E-state index < -0.39 is 0 Å². The van der Waals surface area contributed by atoms with E-state index in [-0.39, 0.29) is 17.8 Å². The highest BCUT2D eigenvalue weighted by Crippen LogP contribution is 2.34. The van der Waals surface area contributed by atoms with Crippen LogP contribution in [0.25, 0.3) is 11.1 Å². The Balaban J connectivity index is 1.98. The summed E-state index contributed by atoms with van der Waals surface area (Å²) >= 11 is 0. The standard InChI is InChI=1S/C16H21N7O/c1-9-13(11-2-3-12(17)20-8-11)15(22-16(19)21-9)23-6-4-10(5-7-23)14(18)24/h2-3,8,10H,4-7H2,1H3,(H2,17,20)(H2,18,24)(H2,19,21,22). The Bertz CT molecular complexity index is 752. The minimum absolute atomic E-state index is 0.0804. The van der Waals surface area contributed by atoms with Crippen LogP contribution in [0.1, 0.15) is 18.5 Å². The zero-order valence-corrected chi connectivity index (χ0v) is 13.6. The maximum Gasteiger partial charge on any atom is 0.222 e. The number of hydrogen-bond acceptors (Lipinski definition) is 7. The maximum atomic E-state index is 11.4. The summed E-state index contributed by atoms with van der Waals surface area (Å²) in [6.45, 7) is 3.28. The summed E-state index contributed by atoms with van der Waals surface area (Å²) in [5.74, 6) is 1.12. The molecule has 0 unspecified atom stereocenters. The van der Waals surface area contributed by atoms with Gasteiger partial charge in [-0.3, -0.25) is 4.79 Å². The van der Waals surface area contributed by atoms with Crippen LogP contribution in [0.5, 0.6) is 0 Å². The Kier molecular flexibility index (Phi) is 4.20. The molecule has 0 spiro atoms. The zero-order valence-electron chi connectivity index (χ0n) is 13.6. The minimum atomic E-state index is -0.240. The quantitative estimate of drug-likeness (QED) is 0.755. The first kappa shape index (κ1) is 16.0. The summed E-state index contributed by atoms with van der Waals surface area (Å²) in [6, 6.07) is 3.64. The number of primary amides is 1. The van der Waals surface area contributed by atoms with E-state index in [1.807, 2.05) is 13.0 Å². The van der Waals surface area contributed by atoms with Crippen molar-refractivity contribution in [1.82, 2.24) is 15.0 Å². The fraction of sp³-hybridized carbons (Fsp3) is 0.375. The lowest BCUT2D eigenvalue weighted by Crippen LogP contribution is -2.39. The van der Waals surface area contributed by atoms with Gasteiger partial charge in [-0.1, -0.05) is 0 Å². The van der Waals surface area contributed by atoms with Crippen molar-refractivity contribution >= 4 is 23.5 Å². The summed E-state index contributed by atoms with van der Waals surface area (Å²) in [6.07, 6.45) is 3.12. The molecule has 0 saturated carbocycles. The third-order valence-electron chi connectivity index (χ3n) is 4.36. The Labute approximate surface area is 140 Å². The molecule has 6 N–H and O–H groups in total. The summed E-state index contributed by atoms with van der Waals surface area (Å²) in [5.41, 5.74) is 19.5. The molecule has 0 aliphatic carbocycles. The van der Waals surface area contributed by atoms with E-state index in [1.54, 1.807) is 12.3 Å². The molecule has 24 heavy (non-hydrogen) atoms. The van der Waals surface area contributed by atoms with Gasteiger partial charge >= 0.3 is 0 Å². The highest BCUT2D eigenvalue weighted by Gasteiger charge is 2.26. The minimum Gasteiger partial charge on any atom is -0.384 e. The molecule has 1 saturated heterocycles. The van der Waals surface area contributed by atoms with E-state index in [0.717, 1.165) is 22.6 Å². The highest BCUT2D eigenvalue weighted by atomic mass is 16.1. The topological polar surface area (TPSA) is 137 Å². The van der Waals surface area contributed by atoms with Crippen molar-refractivity contribution in [2.75, 3.05) is 29.5 Å². The van der Waals surface area contributed by atoms with Gasteiger partial charge in [-0.25, -0.2) is 9.97 Å². The number of hydrogen-bond donors (Lipinski definition) is 3.